The fourth-order valence-electron chi connectivity index (χ4n) is 2.06. The van der Waals surface area contributed by atoms with Crippen molar-refractivity contribution < 1.29 is 27.5 Å². The van der Waals surface area contributed by atoms with E-state index < -0.39 is 26.8 Å². The van der Waals surface area contributed by atoms with Crippen molar-refractivity contribution in [3.63, 3.8) is 0 Å². The zero-order valence-corrected chi connectivity index (χ0v) is 12.1. The van der Waals surface area contributed by atoms with Crippen LogP contribution in [-0.2, 0) is 14.8 Å². The molecule has 21 heavy (non-hydrogen) atoms. The van der Waals surface area contributed by atoms with E-state index in [9.17, 15) is 18.0 Å². The van der Waals surface area contributed by atoms with Gasteiger partial charge >= 0.3 is 5.97 Å². The summed E-state index contributed by atoms with van der Waals surface area (Å²) in [6.07, 6.45) is 2.90. The Morgan fingerprint density at radius 1 is 1.24 bits per heavy atom. The van der Waals surface area contributed by atoms with Crippen molar-refractivity contribution in [2.24, 2.45) is 0 Å². The van der Waals surface area contributed by atoms with Gasteiger partial charge in [0, 0.05) is 13.1 Å². The minimum atomic E-state index is -4.03. The Morgan fingerprint density at radius 2 is 1.90 bits per heavy atom. The number of carboxylic acids is 1. The first-order valence-corrected chi connectivity index (χ1v) is 7.99. The molecule has 1 fully saturated rings. The van der Waals surface area contributed by atoms with Crippen LogP contribution in [-0.4, -0.2) is 49.9 Å². The fourth-order valence-corrected chi connectivity index (χ4v) is 2.96. The number of rotatable bonds is 5. The van der Waals surface area contributed by atoms with Crippen LogP contribution in [0.1, 0.15) is 29.8 Å². The first-order chi connectivity index (χ1) is 9.90. The van der Waals surface area contributed by atoms with Crippen LogP contribution in [0.5, 0.6) is 0 Å². The number of carbonyl (C=O) groups is 2. The van der Waals surface area contributed by atoms with Gasteiger partial charge in [-0.25, -0.2) is 13.2 Å². The predicted octanol–water partition coefficient (Wildman–Crippen LogP) is 0.269. The Hall–Kier alpha value is -1.87. The molecular weight excluding hydrogens is 300 g/mol. The van der Waals surface area contributed by atoms with Gasteiger partial charge in [0.25, 0.3) is 10.0 Å². The van der Waals surface area contributed by atoms with Crippen molar-refractivity contribution in [2.45, 2.75) is 24.4 Å². The lowest BCUT2D eigenvalue weighted by Gasteiger charge is -2.26. The number of furan rings is 1. The number of hydrogen-bond acceptors (Lipinski definition) is 5. The molecule has 8 nitrogen and oxygen atoms in total. The summed E-state index contributed by atoms with van der Waals surface area (Å²) in [6.45, 7) is 0.889. The van der Waals surface area contributed by atoms with Crippen LogP contribution in [0.2, 0.25) is 0 Å². The maximum absolute atomic E-state index is 11.9. The Balaban J connectivity index is 1.97. The second-order valence-corrected chi connectivity index (χ2v) is 6.39. The number of hydrogen-bond donors (Lipinski definition) is 2. The molecule has 1 amide bonds. The zero-order chi connectivity index (χ0) is 15.5. The smallest absolute Gasteiger partial charge is 0.371 e. The van der Waals surface area contributed by atoms with Crippen molar-refractivity contribution in [3.8, 4) is 0 Å². The van der Waals surface area contributed by atoms with E-state index in [0.29, 0.717) is 13.1 Å². The highest BCUT2D eigenvalue weighted by atomic mass is 32.2. The van der Waals surface area contributed by atoms with Crippen LogP contribution >= 0.6 is 0 Å². The molecule has 2 rings (SSSR count). The number of aromatic carboxylic acids is 1. The van der Waals surface area contributed by atoms with E-state index in [-0.39, 0.29) is 12.5 Å². The minimum absolute atomic E-state index is 0.303. The van der Waals surface area contributed by atoms with Crippen LogP contribution in [0, 0.1) is 0 Å². The van der Waals surface area contributed by atoms with E-state index in [0.717, 1.165) is 31.4 Å². The number of nitrogens with one attached hydrogen (secondary N) is 1. The Kier molecular flexibility index (Phi) is 4.63. The highest BCUT2D eigenvalue weighted by Gasteiger charge is 2.23. The van der Waals surface area contributed by atoms with E-state index in [1.807, 2.05) is 0 Å². The van der Waals surface area contributed by atoms with E-state index in [1.54, 1.807) is 4.90 Å². The molecule has 9 heteroatoms. The van der Waals surface area contributed by atoms with Crippen molar-refractivity contribution >= 4 is 21.9 Å². The lowest BCUT2D eigenvalue weighted by Crippen LogP contribution is -2.42. The van der Waals surface area contributed by atoms with Gasteiger partial charge in [0.15, 0.2) is 0 Å². The zero-order valence-electron chi connectivity index (χ0n) is 11.2. The molecule has 0 bridgehead atoms. The van der Waals surface area contributed by atoms with E-state index in [1.165, 1.54) is 0 Å². The summed E-state index contributed by atoms with van der Waals surface area (Å²) < 4.78 is 30.6. The van der Waals surface area contributed by atoms with Crippen LogP contribution in [0.15, 0.2) is 21.6 Å². The molecule has 1 saturated heterocycles. The van der Waals surface area contributed by atoms with Gasteiger partial charge in [0.2, 0.25) is 16.8 Å². The third-order valence-corrected chi connectivity index (χ3v) is 4.45. The summed E-state index contributed by atoms with van der Waals surface area (Å²) in [4.78, 5) is 24.1. The number of likely N-dealkylation sites (tertiary alicyclic amines) is 1. The molecule has 0 atom stereocenters. The summed E-state index contributed by atoms with van der Waals surface area (Å²) in [5.41, 5.74) is 0. The normalized spacial score (nSPS) is 15.9. The molecule has 1 aromatic rings. The van der Waals surface area contributed by atoms with Gasteiger partial charge in [0.05, 0.1) is 6.54 Å². The first kappa shape index (κ1) is 15.5. The molecule has 1 aliphatic heterocycles. The average Bonchev–Trinajstić information content (AvgIpc) is 2.97. The second-order valence-electron chi connectivity index (χ2n) is 4.69. The third kappa shape index (κ3) is 3.82. The molecule has 1 aromatic heterocycles. The first-order valence-electron chi connectivity index (χ1n) is 6.51. The van der Waals surface area contributed by atoms with Gasteiger partial charge in [0.1, 0.15) is 0 Å². The Morgan fingerprint density at radius 3 is 2.48 bits per heavy atom. The lowest BCUT2D eigenvalue weighted by molar-refractivity contribution is -0.130. The fraction of sp³-hybridized carbons (Fsp3) is 0.500. The maximum atomic E-state index is 11.9. The van der Waals surface area contributed by atoms with Crippen LogP contribution < -0.4 is 4.72 Å². The lowest BCUT2D eigenvalue weighted by atomic mass is 10.1. The average molecular weight is 316 g/mol. The van der Waals surface area contributed by atoms with E-state index >= 15 is 0 Å². The number of sulfonamides is 1. The molecule has 116 valence electrons. The van der Waals surface area contributed by atoms with Gasteiger partial charge in [-0.1, -0.05) is 0 Å². The number of nitrogens with zero attached hydrogens (tertiary/aromatic N) is 1. The monoisotopic (exact) mass is 316 g/mol. The van der Waals surface area contributed by atoms with E-state index in [2.05, 4.69) is 4.72 Å². The van der Waals surface area contributed by atoms with Crippen LogP contribution in [0.25, 0.3) is 0 Å². The second kappa shape index (κ2) is 6.27. The molecular formula is C12H16N2O6S. The van der Waals surface area contributed by atoms with Crippen molar-refractivity contribution in [1.82, 2.24) is 9.62 Å². The standard InChI is InChI=1S/C12H16N2O6S/c15-10(14-6-2-1-3-7-14)8-13-21(18,19)11-5-4-9(20-11)12(16)17/h4-5,13H,1-3,6-8H2,(H,16,17). The molecule has 0 spiro atoms. The van der Waals surface area contributed by atoms with Gasteiger partial charge in [-0.2, -0.15) is 4.72 Å². The number of carbonyl (C=O) groups excluding carboxylic acids is 1. The van der Waals surface area contributed by atoms with Gasteiger partial charge in [-0.05, 0) is 31.4 Å². The number of carboxylic acid groups (broad SMARTS) is 1. The van der Waals surface area contributed by atoms with Gasteiger partial charge in [-0.3, -0.25) is 4.79 Å². The van der Waals surface area contributed by atoms with E-state index in [4.69, 9.17) is 9.52 Å². The highest BCUT2D eigenvalue weighted by molar-refractivity contribution is 7.89. The van der Waals surface area contributed by atoms with Gasteiger partial charge < -0.3 is 14.4 Å². The summed E-state index contributed by atoms with van der Waals surface area (Å²) >= 11 is 0. The molecule has 0 aliphatic carbocycles. The molecule has 1 aliphatic rings. The highest BCUT2D eigenvalue weighted by Crippen LogP contribution is 2.14. The quantitative estimate of drug-likeness (QED) is 0.805. The SMILES string of the molecule is O=C(O)c1ccc(S(=O)(=O)NCC(=O)N2CCCCC2)o1. The summed E-state index contributed by atoms with van der Waals surface area (Å²) in [7, 11) is -4.03. The number of piperidine rings is 1. The number of amides is 1. The minimum Gasteiger partial charge on any atom is -0.475 e. The predicted molar refractivity (Wildman–Crippen MR) is 71.3 cm³/mol. The largest absolute Gasteiger partial charge is 0.475 e. The Labute approximate surface area is 121 Å². The van der Waals surface area contributed by atoms with Crippen molar-refractivity contribution in [2.75, 3.05) is 19.6 Å². The summed E-state index contributed by atoms with van der Waals surface area (Å²) in [5, 5.41) is 8.16. The molecule has 0 unspecified atom stereocenters. The molecule has 2 heterocycles. The summed E-state index contributed by atoms with van der Waals surface area (Å²) in [6, 6.07) is 2.08. The van der Waals surface area contributed by atoms with Crippen molar-refractivity contribution in [3.05, 3.63) is 17.9 Å². The molecule has 2 N–H and O–H groups in total. The molecule has 0 saturated carbocycles. The molecule has 0 aromatic carbocycles. The van der Waals surface area contributed by atoms with Crippen LogP contribution in [0.3, 0.4) is 0 Å². The molecule has 0 radical (unpaired) electrons. The Bertz CT molecular complexity index is 630. The van der Waals surface area contributed by atoms with Crippen LogP contribution in [0.4, 0.5) is 0 Å². The third-order valence-electron chi connectivity index (χ3n) is 3.18. The van der Waals surface area contributed by atoms with Gasteiger partial charge in [-0.15, -0.1) is 0 Å². The van der Waals surface area contributed by atoms with Crippen molar-refractivity contribution in [1.29, 1.82) is 0 Å². The summed E-state index contributed by atoms with van der Waals surface area (Å²) in [5.74, 6) is -2.14. The maximum Gasteiger partial charge on any atom is 0.371 e. The topological polar surface area (TPSA) is 117 Å².